The van der Waals surface area contributed by atoms with Crippen molar-refractivity contribution in [3.63, 3.8) is 0 Å². The smallest absolute Gasteiger partial charge is 0.200 e. The van der Waals surface area contributed by atoms with E-state index < -0.39 is 12.4 Å². The standard InChI is InChI=1S/C37H50N4O7/c1-22(2)20-40-37-39-15-14-27(41-37)17-26-18-31-24-9-12-29(43)19-28(42)11-8-23-10-13-32(44)34(46-4)30(23)7-5-6-25(16-24)33(47-21-38-3)35(31)48-36(26)45/h10,13,16,22,26-27,29,36,38,43-45H,6,8-9,11-12,14-15,17-21H2,1-4H3,(H2,39,40,41). The largest absolute Gasteiger partial charge is 0.504 e. The summed E-state index contributed by atoms with van der Waals surface area (Å²) in [7, 11) is 3.26. The number of phenolic OH excluding ortho intramolecular Hbond substituents is 1. The van der Waals surface area contributed by atoms with E-state index in [4.69, 9.17) is 14.2 Å². The molecule has 260 valence electrons. The van der Waals surface area contributed by atoms with Gasteiger partial charge in [-0.15, -0.1) is 0 Å². The van der Waals surface area contributed by atoms with Gasteiger partial charge in [0.05, 0.1) is 18.8 Å². The Labute approximate surface area is 283 Å². The van der Waals surface area contributed by atoms with Crippen LogP contribution >= 0.6 is 0 Å². The Kier molecular flexibility index (Phi) is 12.1. The molecule has 0 amide bonds. The minimum Gasteiger partial charge on any atom is -0.504 e. The monoisotopic (exact) mass is 662 g/mol. The highest BCUT2D eigenvalue weighted by atomic mass is 16.6. The average Bonchev–Trinajstić information content (AvgIpc) is 3.06. The molecule has 2 aromatic rings. The van der Waals surface area contributed by atoms with Crippen molar-refractivity contribution in [2.45, 2.75) is 90.1 Å². The fraction of sp³-hybridized carbons (Fsp3) is 0.568. The fourth-order valence-electron chi connectivity index (χ4n) is 6.63. The van der Waals surface area contributed by atoms with E-state index in [1.54, 1.807) is 19.2 Å². The second-order valence-electron chi connectivity index (χ2n) is 13.4. The molecule has 0 fully saturated rings. The van der Waals surface area contributed by atoms with E-state index in [0.29, 0.717) is 68.1 Å². The van der Waals surface area contributed by atoms with Gasteiger partial charge in [0.2, 0.25) is 6.29 Å². The molecule has 6 N–H and O–H groups in total. The van der Waals surface area contributed by atoms with Crippen LogP contribution in [0.2, 0.25) is 0 Å². The lowest BCUT2D eigenvalue weighted by molar-refractivity contribution is -0.121. The number of phenols is 1. The third-order valence-electron chi connectivity index (χ3n) is 9.13. The van der Waals surface area contributed by atoms with E-state index in [1.165, 1.54) is 7.11 Å². The molecule has 11 nitrogen and oxygen atoms in total. The molecule has 2 heterocycles. The van der Waals surface area contributed by atoms with Crippen LogP contribution in [0.15, 0.2) is 23.2 Å². The lowest BCUT2D eigenvalue weighted by atomic mass is 9.84. The Bertz CT molecular complexity index is 1550. The van der Waals surface area contributed by atoms with Crippen LogP contribution < -0.4 is 30.2 Å². The molecule has 0 radical (unpaired) electrons. The van der Waals surface area contributed by atoms with Gasteiger partial charge >= 0.3 is 0 Å². The molecule has 1 aliphatic carbocycles. The summed E-state index contributed by atoms with van der Waals surface area (Å²) in [5, 5.41) is 42.7. The number of guanidine groups is 1. The first-order valence-corrected chi connectivity index (χ1v) is 17.1. The van der Waals surface area contributed by atoms with Crippen molar-refractivity contribution in [2.24, 2.45) is 16.8 Å². The highest BCUT2D eigenvalue weighted by molar-refractivity contribution is 5.80. The van der Waals surface area contributed by atoms with Crippen LogP contribution in [-0.2, 0) is 30.5 Å². The van der Waals surface area contributed by atoms with Crippen molar-refractivity contribution < 1.29 is 34.3 Å². The Morgan fingerprint density at radius 3 is 2.71 bits per heavy atom. The summed E-state index contributed by atoms with van der Waals surface area (Å²) in [6.07, 6.45) is 2.18. The minimum atomic E-state index is -1.05. The van der Waals surface area contributed by atoms with E-state index in [-0.39, 0.29) is 48.8 Å². The number of nitrogens with one attached hydrogen (secondary N) is 3. The van der Waals surface area contributed by atoms with Crippen LogP contribution in [-0.4, -0.2) is 79.5 Å². The number of Topliss-reactive ketones (excluding diaryl/α,β-unsaturated/α-hetero) is 1. The second-order valence-corrected chi connectivity index (χ2v) is 13.4. The number of carbonyl (C=O) groups is 1. The molecule has 2 bridgehead atoms. The zero-order valence-electron chi connectivity index (χ0n) is 28.5. The summed E-state index contributed by atoms with van der Waals surface area (Å²) < 4.78 is 18.0. The number of aliphatic imine (C=N–C) groups is 1. The quantitative estimate of drug-likeness (QED) is 0.184. The maximum atomic E-state index is 12.9. The van der Waals surface area contributed by atoms with E-state index in [0.717, 1.165) is 41.2 Å². The number of aliphatic hydroxyl groups is 2. The molecule has 48 heavy (non-hydrogen) atoms. The molecule has 0 saturated carbocycles. The maximum Gasteiger partial charge on any atom is 0.200 e. The highest BCUT2D eigenvalue weighted by Crippen LogP contribution is 2.45. The number of rotatable bonds is 8. The van der Waals surface area contributed by atoms with Crippen molar-refractivity contribution in [2.75, 3.05) is 34.0 Å². The van der Waals surface area contributed by atoms with Crippen molar-refractivity contribution >= 4 is 11.7 Å². The molecule has 2 aliphatic heterocycles. The first-order valence-electron chi connectivity index (χ1n) is 17.1. The van der Waals surface area contributed by atoms with Crippen molar-refractivity contribution in [3.05, 3.63) is 46.0 Å². The second kappa shape index (κ2) is 16.4. The summed E-state index contributed by atoms with van der Waals surface area (Å²) in [6.45, 7) is 6.06. The number of hydrogen-bond acceptors (Lipinski definition) is 11. The summed E-state index contributed by atoms with van der Waals surface area (Å²) in [5.41, 5.74) is 4.01. The molecule has 11 heteroatoms. The third kappa shape index (κ3) is 8.73. The number of aromatic hydroxyl groups is 1. The predicted octanol–water partition coefficient (Wildman–Crippen LogP) is 2.97. The van der Waals surface area contributed by atoms with Crippen molar-refractivity contribution in [3.8, 4) is 34.8 Å². The minimum absolute atomic E-state index is 0.0324. The summed E-state index contributed by atoms with van der Waals surface area (Å²) in [5.74, 6) is 8.72. The van der Waals surface area contributed by atoms with Gasteiger partial charge in [0.25, 0.3) is 0 Å². The van der Waals surface area contributed by atoms with E-state index in [9.17, 15) is 20.1 Å². The molecule has 0 aromatic heterocycles. The SMILES string of the molecule is CNCOc1c2cc(c3c1OC(O)C(CC1CCN=C(NCC(C)C)N1)C3)CCC(O)CC(=O)CCc1ccc(O)c(OC)c1C#CC2. The first-order chi connectivity index (χ1) is 23.2. The zero-order valence-corrected chi connectivity index (χ0v) is 28.5. The summed E-state index contributed by atoms with van der Waals surface area (Å²) in [6, 6.07) is 5.49. The molecule has 0 saturated heterocycles. The van der Waals surface area contributed by atoms with Crippen LogP contribution in [0.5, 0.6) is 23.0 Å². The number of benzene rings is 2. The van der Waals surface area contributed by atoms with Crippen LogP contribution in [0.3, 0.4) is 0 Å². The number of ketones is 1. The van der Waals surface area contributed by atoms with Gasteiger partial charge in [0.1, 0.15) is 12.5 Å². The Balaban J connectivity index is 1.50. The lowest BCUT2D eigenvalue weighted by Crippen LogP contribution is -2.49. The topological polar surface area (TPSA) is 154 Å². The number of fused-ring (bicyclic) bond motifs is 5. The van der Waals surface area contributed by atoms with Gasteiger partial charge in [-0.2, -0.15) is 0 Å². The van der Waals surface area contributed by atoms with Crippen molar-refractivity contribution in [1.82, 2.24) is 16.0 Å². The number of ether oxygens (including phenoxy) is 3. The van der Waals surface area contributed by atoms with Crippen LogP contribution in [0.1, 0.15) is 73.8 Å². The van der Waals surface area contributed by atoms with Gasteiger partial charge in [-0.05, 0) is 68.7 Å². The van der Waals surface area contributed by atoms with Gasteiger partial charge in [0, 0.05) is 55.4 Å². The van der Waals surface area contributed by atoms with Crippen molar-refractivity contribution in [1.29, 1.82) is 0 Å². The summed E-state index contributed by atoms with van der Waals surface area (Å²) >= 11 is 0. The number of aryl methyl sites for hydroxylation is 2. The molecule has 2 aromatic carbocycles. The average molecular weight is 663 g/mol. The van der Waals surface area contributed by atoms with Gasteiger partial charge in [0.15, 0.2) is 29.0 Å². The normalized spacial score (nSPS) is 22.7. The van der Waals surface area contributed by atoms with Crippen LogP contribution in [0.25, 0.3) is 0 Å². The van der Waals surface area contributed by atoms with E-state index in [1.807, 2.05) is 0 Å². The molecular formula is C37H50N4O7. The molecule has 5 rings (SSSR count). The number of carbonyl (C=O) groups excluding carboxylic acids is 1. The fourth-order valence-corrected chi connectivity index (χ4v) is 6.63. The van der Waals surface area contributed by atoms with Gasteiger partial charge in [-0.1, -0.05) is 37.8 Å². The molecule has 3 aliphatic rings. The third-order valence-corrected chi connectivity index (χ3v) is 9.13. The van der Waals surface area contributed by atoms with Gasteiger partial charge in [-0.25, -0.2) is 0 Å². The first kappa shape index (κ1) is 35.3. The Hall–Kier alpha value is -3.98. The molecule has 0 spiro atoms. The van der Waals surface area contributed by atoms with Crippen LogP contribution in [0.4, 0.5) is 0 Å². The predicted molar refractivity (Wildman–Crippen MR) is 184 cm³/mol. The molecular weight excluding hydrogens is 612 g/mol. The molecule has 4 unspecified atom stereocenters. The maximum absolute atomic E-state index is 12.9. The number of nitrogens with zero attached hydrogens (tertiary/aromatic N) is 1. The lowest BCUT2D eigenvalue weighted by Gasteiger charge is -2.36. The molecule has 4 atom stereocenters. The Morgan fingerprint density at radius 1 is 1.10 bits per heavy atom. The van der Waals surface area contributed by atoms with E-state index >= 15 is 0 Å². The number of hydrogen-bond donors (Lipinski definition) is 6. The van der Waals surface area contributed by atoms with Gasteiger partial charge in [-0.3, -0.25) is 15.1 Å². The number of methoxy groups -OCH3 is 1. The number of aliphatic hydroxyl groups excluding tert-OH is 2. The van der Waals surface area contributed by atoms with E-state index in [2.05, 4.69) is 52.7 Å². The van der Waals surface area contributed by atoms with Gasteiger partial charge < -0.3 is 40.2 Å². The zero-order chi connectivity index (χ0) is 34.2. The summed E-state index contributed by atoms with van der Waals surface area (Å²) in [4.78, 5) is 17.5. The van der Waals surface area contributed by atoms with Crippen LogP contribution in [0, 0.1) is 23.7 Å². The Morgan fingerprint density at radius 2 is 1.94 bits per heavy atom. The highest BCUT2D eigenvalue weighted by Gasteiger charge is 2.36.